The Labute approximate surface area is 360 Å². The summed E-state index contributed by atoms with van der Waals surface area (Å²) in [6.45, 7) is 0. The van der Waals surface area contributed by atoms with Crippen molar-refractivity contribution in [3.05, 3.63) is 237 Å². The summed E-state index contributed by atoms with van der Waals surface area (Å²) in [6, 6.07) is 85.4. The number of hydrogen-bond donors (Lipinski definition) is 0. The number of hydrogen-bond acceptors (Lipinski definition) is 2. The van der Waals surface area contributed by atoms with Crippen LogP contribution in [0.3, 0.4) is 0 Å². The van der Waals surface area contributed by atoms with Gasteiger partial charge >= 0.3 is 0 Å². The number of anilines is 3. The van der Waals surface area contributed by atoms with Crippen LogP contribution in [0.25, 0.3) is 98.8 Å². The van der Waals surface area contributed by atoms with Crippen LogP contribution in [0.2, 0.25) is 0 Å². The van der Waals surface area contributed by atoms with Crippen molar-refractivity contribution in [2.24, 2.45) is 0 Å². The van der Waals surface area contributed by atoms with Gasteiger partial charge in [-0.1, -0.05) is 194 Å². The van der Waals surface area contributed by atoms with E-state index in [-0.39, 0.29) is 0 Å². The second-order valence-electron chi connectivity index (χ2n) is 16.0. The van der Waals surface area contributed by atoms with Gasteiger partial charge in [0, 0.05) is 27.4 Å². The molecule has 11 aromatic carbocycles. The van der Waals surface area contributed by atoms with Gasteiger partial charge in [-0.15, -0.1) is 0 Å². The SMILES string of the molecule is c1ccc(-c2ccc(N(c3cccc(-c4ccccc4-c4cc5ccccc5c5ccccc45)c3)c3cccc4c3oc3c5ccccc5ccc43)c(-c3ccccc3)c2)cc1. The smallest absolute Gasteiger partial charge is 0.159 e. The number of furan rings is 1. The van der Waals surface area contributed by atoms with E-state index in [1.807, 2.05) is 0 Å². The molecule has 0 aliphatic carbocycles. The Morgan fingerprint density at radius 2 is 0.871 bits per heavy atom. The van der Waals surface area contributed by atoms with E-state index in [0.29, 0.717) is 0 Å². The Balaban J connectivity index is 1.11. The minimum atomic E-state index is 0.846. The second-order valence-corrected chi connectivity index (χ2v) is 16.0. The number of fused-ring (bicyclic) bond motifs is 8. The van der Waals surface area contributed by atoms with Crippen molar-refractivity contribution < 1.29 is 4.42 Å². The fourth-order valence-electron chi connectivity index (χ4n) is 9.54. The lowest BCUT2D eigenvalue weighted by molar-refractivity contribution is 0.673. The largest absolute Gasteiger partial charge is 0.453 e. The van der Waals surface area contributed by atoms with Gasteiger partial charge in [-0.2, -0.15) is 0 Å². The van der Waals surface area contributed by atoms with Crippen LogP contribution in [0, 0.1) is 0 Å². The summed E-state index contributed by atoms with van der Waals surface area (Å²) in [5.41, 5.74) is 14.1. The van der Waals surface area contributed by atoms with E-state index >= 15 is 0 Å². The molecule has 0 spiro atoms. The normalized spacial score (nSPS) is 11.5. The molecule has 0 saturated carbocycles. The molecule has 2 heteroatoms. The maximum Gasteiger partial charge on any atom is 0.159 e. The van der Waals surface area contributed by atoms with Crippen molar-refractivity contribution in [3.63, 3.8) is 0 Å². The number of nitrogens with zero attached hydrogens (tertiary/aromatic N) is 1. The van der Waals surface area contributed by atoms with E-state index in [1.54, 1.807) is 0 Å². The van der Waals surface area contributed by atoms with Gasteiger partial charge in [-0.3, -0.25) is 0 Å². The van der Waals surface area contributed by atoms with E-state index < -0.39 is 0 Å². The summed E-state index contributed by atoms with van der Waals surface area (Å²) in [5.74, 6) is 0. The Hall–Kier alpha value is -8.20. The van der Waals surface area contributed by atoms with Crippen molar-refractivity contribution in [2.75, 3.05) is 4.90 Å². The Morgan fingerprint density at radius 1 is 0.258 bits per heavy atom. The monoisotopic (exact) mass is 789 g/mol. The van der Waals surface area contributed by atoms with Gasteiger partial charge < -0.3 is 9.32 Å². The lowest BCUT2D eigenvalue weighted by atomic mass is 9.89. The highest BCUT2D eigenvalue weighted by Gasteiger charge is 2.24. The van der Waals surface area contributed by atoms with Crippen LogP contribution in [0.5, 0.6) is 0 Å². The van der Waals surface area contributed by atoms with Crippen LogP contribution in [-0.4, -0.2) is 0 Å². The maximum atomic E-state index is 7.09. The van der Waals surface area contributed by atoms with Gasteiger partial charge in [0.1, 0.15) is 5.58 Å². The van der Waals surface area contributed by atoms with E-state index in [1.165, 1.54) is 43.8 Å². The zero-order valence-corrected chi connectivity index (χ0v) is 33.9. The fourth-order valence-corrected chi connectivity index (χ4v) is 9.54. The van der Waals surface area contributed by atoms with Crippen LogP contribution in [0.4, 0.5) is 17.1 Å². The minimum absolute atomic E-state index is 0.846. The molecule has 12 rings (SSSR count). The molecule has 290 valence electrons. The van der Waals surface area contributed by atoms with Crippen LogP contribution in [-0.2, 0) is 0 Å². The molecule has 0 radical (unpaired) electrons. The first-order chi connectivity index (χ1) is 30.8. The molecule has 0 amide bonds. The molecule has 0 atom stereocenters. The lowest BCUT2D eigenvalue weighted by Gasteiger charge is -2.29. The van der Waals surface area contributed by atoms with Crippen LogP contribution in [0.15, 0.2) is 241 Å². The minimum Gasteiger partial charge on any atom is -0.453 e. The van der Waals surface area contributed by atoms with Crippen LogP contribution >= 0.6 is 0 Å². The number of benzene rings is 11. The summed E-state index contributed by atoms with van der Waals surface area (Å²) < 4.78 is 7.09. The van der Waals surface area contributed by atoms with E-state index in [4.69, 9.17) is 4.42 Å². The zero-order chi connectivity index (χ0) is 41.0. The third kappa shape index (κ3) is 5.96. The zero-order valence-electron chi connectivity index (χ0n) is 33.9. The molecule has 12 aromatic rings. The summed E-state index contributed by atoms with van der Waals surface area (Å²) in [5, 5.41) is 9.45. The number of rotatable bonds is 7. The molecule has 0 aliphatic rings. The molecule has 0 N–H and O–H groups in total. The summed E-state index contributed by atoms with van der Waals surface area (Å²) in [7, 11) is 0. The van der Waals surface area contributed by atoms with Crippen molar-refractivity contribution in [3.8, 4) is 44.5 Å². The van der Waals surface area contributed by atoms with Gasteiger partial charge in [0.05, 0.1) is 11.4 Å². The summed E-state index contributed by atoms with van der Waals surface area (Å²) in [4.78, 5) is 2.40. The molecule has 0 unspecified atom stereocenters. The molecular formula is C60H39NO. The van der Waals surface area contributed by atoms with Crippen molar-refractivity contribution in [2.45, 2.75) is 0 Å². The standard InChI is InChI=1S/C60H39NO/c1-3-17-40(18-4-1)43-34-36-57(55(38-43)41-19-5-2-6-20-41)61(58-32-16-31-53-54-35-33-42-21-7-10-27-49(42)59(54)62-60(53)58)46-24-15-23-44(37-46)47-26-11-12-29-51(47)56-39-45-22-8-9-25-48(45)50-28-13-14-30-52(50)56/h1-39H. The molecule has 0 bridgehead atoms. The fraction of sp³-hybridized carbons (Fsp3) is 0. The van der Waals surface area contributed by atoms with Gasteiger partial charge in [-0.05, 0) is 108 Å². The number of para-hydroxylation sites is 1. The van der Waals surface area contributed by atoms with E-state index in [0.717, 1.165) is 72.0 Å². The Bertz CT molecular complexity index is 3640. The average Bonchev–Trinajstić information content (AvgIpc) is 3.75. The van der Waals surface area contributed by atoms with E-state index in [2.05, 4.69) is 241 Å². The first kappa shape index (κ1) is 35.7. The third-order valence-corrected chi connectivity index (χ3v) is 12.4. The predicted octanol–water partition coefficient (Wildman–Crippen LogP) is 17.2. The summed E-state index contributed by atoms with van der Waals surface area (Å²) >= 11 is 0. The first-order valence-electron chi connectivity index (χ1n) is 21.3. The Kier molecular flexibility index (Phi) is 8.53. The quantitative estimate of drug-likeness (QED) is 0.150. The van der Waals surface area contributed by atoms with Crippen molar-refractivity contribution >= 4 is 71.3 Å². The highest BCUT2D eigenvalue weighted by atomic mass is 16.3. The molecule has 0 saturated heterocycles. The van der Waals surface area contributed by atoms with Gasteiger partial charge in [0.25, 0.3) is 0 Å². The molecular weight excluding hydrogens is 751 g/mol. The van der Waals surface area contributed by atoms with E-state index in [9.17, 15) is 0 Å². The van der Waals surface area contributed by atoms with Crippen LogP contribution < -0.4 is 4.90 Å². The molecule has 0 aliphatic heterocycles. The highest BCUT2D eigenvalue weighted by molar-refractivity contribution is 6.18. The molecule has 1 heterocycles. The predicted molar refractivity (Wildman–Crippen MR) is 263 cm³/mol. The van der Waals surface area contributed by atoms with Crippen LogP contribution in [0.1, 0.15) is 0 Å². The summed E-state index contributed by atoms with van der Waals surface area (Å²) in [6.07, 6.45) is 0. The Morgan fingerprint density at radius 3 is 1.69 bits per heavy atom. The van der Waals surface area contributed by atoms with Gasteiger partial charge in [0.15, 0.2) is 5.58 Å². The van der Waals surface area contributed by atoms with Crippen molar-refractivity contribution in [1.82, 2.24) is 0 Å². The molecule has 62 heavy (non-hydrogen) atoms. The first-order valence-corrected chi connectivity index (χ1v) is 21.3. The lowest BCUT2D eigenvalue weighted by Crippen LogP contribution is -2.12. The van der Waals surface area contributed by atoms with Gasteiger partial charge in [0.2, 0.25) is 0 Å². The third-order valence-electron chi connectivity index (χ3n) is 12.4. The maximum absolute atomic E-state index is 7.09. The average molecular weight is 790 g/mol. The molecule has 1 aromatic heterocycles. The van der Waals surface area contributed by atoms with Gasteiger partial charge in [-0.25, -0.2) is 0 Å². The molecule has 0 fully saturated rings. The molecule has 2 nitrogen and oxygen atoms in total. The second kappa shape index (κ2) is 14.8. The topological polar surface area (TPSA) is 16.4 Å². The van der Waals surface area contributed by atoms with Crippen molar-refractivity contribution in [1.29, 1.82) is 0 Å². The highest BCUT2D eigenvalue weighted by Crippen LogP contribution is 2.48.